The van der Waals surface area contributed by atoms with E-state index in [4.69, 9.17) is 9.47 Å². The lowest BCUT2D eigenvalue weighted by molar-refractivity contribution is -0.00956. The third-order valence-corrected chi connectivity index (χ3v) is 4.98. The Morgan fingerprint density at radius 2 is 1.04 bits per heavy atom. The minimum absolute atomic E-state index is 0.301. The highest BCUT2D eigenvalue weighted by Crippen LogP contribution is 2.26. The van der Waals surface area contributed by atoms with Gasteiger partial charge in [0, 0.05) is 0 Å². The van der Waals surface area contributed by atoms with Gasteiger partial charge >= 0.3 is 11.9 Å². The molecule has 0 amide bonds. The van der Waals surface area contributed by atoms with Crippen LogP contribution in [0.5, 0.6) is 0 Å². The van der Waals surface area contributed by atoms with Crippen molar-refractivity contribution in [3.63, 3.8) is 0 Å². The van der Waals surface area contributed by atoms with Crippen molar-refractivity contribution in [1.29, 1.82) is 0 Å². The van der Waals surface area contributed by atoms with E-state index in [9.17, 15) is 9.59 Å². The molecule has 1 aromatic carbocycles. The second-order valence-electron chi connectivity index (χ2n) is 8.67. The van der Waals surface area contributed by atoms with Crippen LogP contribution >= 0.6 is 0 Å². The van der Waals surface area contributed by atoms with E-state index in [0.29, 0.717) is 11.1 Å². The minimum atomic E-state index is -0.579. The Hall–Kier alpha value is -1.84. The Balaban J connectivity index is 3.36. The number of ether oxygens (including phenoxy) is 2. The summed E-state index contributed by atoms with van der Waals surface area (Å²) in [7, 11) is 0. The summed E-state index contributed by atoms with van der Waals surface area (Å²) in [6, 6.07) is 3.62. The summed E-state index contributed by atoms with van der Waals surface area (Å²) in [4.78, 5) is 26.0. The maximum absolute atomic E-state index is 13.0. The molecule has 0 saturated heterocycles. The number of esters is 2. The maximum Gasteiger partial charge on any atom is 0.339 e. The van der Waals surface area contributed by atoms with Gasteiger partial charge in [-0.25, -0.2) is 9.59 Å². The number of benzene rings is 1. The molecule has 0 spiro atoms. The van der Waals surface area contributed by atoms with Crippen molar-refractivity contribution in [3.05, 3.63) is 34.4 Å². The summed E-state index contributed by atoms with van der Waals surface area (Å²) in [5, 5.41) is 0. The summed E-state index contributed by atoms with van der Waals surface area (Å²) in [5.41, 5.74) is 1.57. The second kappa shape index (κ2) is 10.1. The minimum Gasteiger partial charge on any atom is -0.456 e. The number of hydrogen-bond acceptors (Lipinski definition) is 4. The molecule has 28 heavy (non-hydrogen) atoms. The monoisotopic (exact) mass is 390 g/mol. The molecular formula is C24H38O4. The van der Waals surface area contributed by atoms with E-state index in [1.165, 1.54) is 0 Å². The van der Waals surface area contributed by atoms with E-state index < -0.39 is 23.1 Å². The number of carbonyl (C=O) groups is 2. The lowest BCUT2D eigenvalue weighted by atomic mass is 9.94. The van der Waals surface area contributed by atoms with E-state index in [-0.39, 0.29) is 0 Å². The Morgan fingerprint density at radius 3 is 1.29 bits per heavy atom. The predicted molar refractivity (Wildman–Crippen MR) is 114 cm³/mol. The fourth-order valence-corrected chi connectivity index (χ4v) is 3.60. The van der Waals surface area contributed by atoms with Crippen molar-refractivity contribution in [3.8, 4) is 0 Å². The Bertz CT molecular complexity index is 627. The van der Waals surface area contributed by atoms with Gasteiger partial charge in [-0.1, -0.05) is 40.5 Å². The predicted octanol–water partition coefficient (Wildman–Crippen LogP) is 6.28. The molecule has 1 aromatic rings. The smallest absolute Gasteiger partial charge is 0.339 e. The molecular weight excluding hydrogens is 352 g/mol. The zero-order chi connectivity index (χ0) is 21.5. The van der Waals surface area contributed by atoms with Crippen LogP contribution in [0, 0.1) is 0 Å². The fraction of sp³-hybridized carbons (Fsp3) is 0.667. The first-order valence-corrected chi connectivity index (χ1v) is 10.6. The Labute approximate surface area is 171 Å². The van der Waals surface area contributed by atoms with Crippen molar-refractivity contribution in [1.82, 2.24) is 0 Å². The normalized spacial score (nSPS) is 12.0. The van der Waals surface area contributed by atoms with Gasteiger partial charge in [-0.05, 0) is 76.6 Å². The SMILES string of the molecule is CCCC(C)(C)OC(=O)c1cc(CC)c(CC)cc1C(=O)OC(C)(C)CCC. The van der Waals surface area contributed by atoms with Crippen molar-refractivity contribution < 1.29 is 19.1 Å². The topological polar surface area (TPSA) is 52.6 Å². The lowest BCUT2D eigenvalue weighted by Crippen LogP contribution is -2.31. The zero-order valence-corrected chi connectivity index (χ0v) is 19.0. The van der Waals surface area contributed by atoms with Gasteiger partial charge in [0.2, 0.25) is 0 Å². The molecule has 0 saturated carbocycles. The van der Waals surface area contributed by atoms with Gasteiger partial charge in [0.1, 0.15) is 11.2 Å². The Kier molecular flexibility index (Phi) is 8.72. The molecule has 0 aliphatic rings. The number of hydrogen-bond donors (Lipinski definition) is 0. The highest BCUT2D eigenvalue weighted by molar-refractivity contribution is 6.03. The molecule has 0 N–H and O–H groups in total. The first-order chi connectivity index (χ1) is 13.0. The van der Waals surface area contributed by atoms with E-state index in [0.717, 1.165) is 49.7 Å². The van der Waals surface area contributed by atoms with Crippen LogP contribution in [0.2, 0.25) is 0 Å². The molecule has 0 atom stereocenters. The largest absolute Gasteiger partial charge is 0.456 e. The third-order valence-electron chi connectivity index (χ3n) is 4.98. The van der Waals surface area contributed by atoms with Crippen molar-refractivity contribution >= 4 is 11.9 Å². The van der Waals surface area contributed by atoms with Crippen LogP contribution in [0.25, 0.3) is 0 Å². The summed E-state index contributed by atoms with van der Waals surface area (Å²) in [6.45, 7) is 15.8. The average Bonchev–Trinajstić information content (AvgIpc) is 2.59. The van der Waals surface area contributed by atoms with Crippen LogP contribution in [-0.2, 0) is 22.3 Å². The number of carbonyl (C=O) groups excluding carboxylic acids is 2. The van der Waals surface area contributed by atoms with Crippen LogP contribution < -0.4 is 0 Å². The van der Waals surface area contributed by atoms with E-state index >= 15 is 0 Å². The Morgan fingerprint density at radius 1 is 0.714 bits per heavy atom. The zero-order valence-electron chi connectivity index (χ0n) is 19.0. The molecule has 158 valence electrons. The molecule has 0 aromatic heterocycles. The van der Waals surface area contributed by atoms with E-state index in [1.807, 2.05) is 53.7 Å². The summed E-state index contributed by atoms with van der Waals surface area (Å²) in [5.74, 6) is -0.924. The second-order valence-corrected chi connectivity index (χ2v) is 8.67. The molecule has 0 heterocycles. The van der Waals surface area contributed by atoms with Crippen molar-refractivity contribution in [2.45, 2.75) is 105 Å². The van der Waals surface area contributed by atoms with Crippen LogP contribution in [0.3, 0.4) is 0 Å². The molecule has 4 nitrogen and oxygen atoms in total. The van der Waals surface area contributed by atoms with Crippen LogP contribution in [0.4, 0.5) is 0 Å². The van der Waals surface area contributed by atoms with Crippen LogP contribution in [0.1, 0.15) is 113 Å². The van der Waals surface area contributed by atoms with Crippen LogP contribution in [-0.4, -0.2) is 23.1 Å². The standard InChI is InChI=1S/C24H38O4/c1-9-13-23(5,6)27-21(25)19-15-17(11-3)18(12-4)16-20(19)22(26)28-24(7,8)14-10-2/h15-16H,9-14H2,1-8H3. The van der Waals surface area contributed by atoms with Gasteiger partial charge in [-0.3, -0.25) is 0 Å². The van der Waals surface area contributed by atoms with Gasteiger partial charge in [0.15, 0.2) is 0 Å². The quantitative estimate of drug-likeness (QED) is 0.441. The maximum atomic E-state index is 13.0. The molecule has 0 aliphatic heterocycles. The highest BCUT2D eigenvalue weighted by Gasteiger charge is 2.30. The number of rotatable bonds is 10. The highest BCUT2D eigenvalue weighted by atomic mass is 16.6. The summed E-state index contributed by atoms with van der Waals surface area (Å²) >= 11 is 0. The average molecular weight is 391 g/mol. The summed E-state index contributed by atoms with van der Waals surface area (Å²) in [6.07, 6.45) is 4.92. The fourth-order valence-electron chi connectivity index (χ4n) is 3.60. The molecule has 0 fully saturated rings. The molecule has 0 radical (unpaired) electrons. The van der Waals surface area contributed by atoms with E-state index in [2.05, 4.69) is 13.8 Å². The molecule has 0 bridgehead atoms. The molecule has 1 rings (SSSR count). The van der Waals surface area contributed by atoms with Crippen molar-refractivity contribution in [2.75, 3.05) is 0 Å². The van der Waals surface area contributed by atoms with Crippen molar-refractivity contribution in [2.24, 2.45) is 0 Å². The van der Waals surface area contributed by atoms with Gasteiger partial charge in [0.25, 0.3) is 0 Å². The van der Waals surface area contributed by atoms with Gasteiger partial charge in [-0.2, -0.15) is 0 Å². The first kappa shape index (κ1) is 24.2. The third kappa shape index (κ3) is 6.65. The summed E-state index contributed by atoms with van der Waals surface area (Å²) < 4.78 is 11.5. The first-order valence-electron chi connectivity index (χ1n) is 10.6. The van der Waals surface area contributed by atoms with Gasteiger partial charge in [-0.15, -0.1) is 0 Å². The van der Waals surface area contributed by atoms with Crippen LogP contribution in [0.15, 0.2) is 12.1 Å². The van der Waals surface area contributed by atoms with E-state index in [1.54, 1.807) is 0 Å². The molecule has 0 unspecified atom stereocenters. The molecule has 0 aliphatic carbocycles. The van der Waals surface area contributed by atoms with Gasteiger partial charge in [0.05, 0.1) is 11.1 Å². The lowest BCUT2D eigenvalue weighted by Gasteiger charge is -2.27. The number of aryl methyl sites for hydroxylation is 2. The molecule has 4 heteroatoms. The van der Waals surface area contributed by atoms with Gasteiger partial charge < -0.3 is 9.47 Å².